The third-order valence-electron chi connectivity index (χ3n) is 2.63. The maximum Gasteiger partial charge on any atom is 0.159 e. The predicted molar refractivity (Wildman–Crippen MR) is 67.7 cm³/mol. The molecular weight excluding hydrogens is 231 g/mol. The van der Waals surface area contributed by atoms with Crippen molar-refractivity contribution in [1.82, 2.24) is 0 Å². The van der Waals surface area contributed by atoms with Crippen LogP contribution in [0.4, 0.5) is 4.39 Å². The van der Waals surface area contributed by atoms with Crippen molar-refractivity contribution in [2.24, 2.45) is 0 Å². The number of halogens is 1. The third-order valence-corrected chi connectivity index (χ3v) is 2.63. The minimum Gasteiger partial charge on any atom is -0.457 e. The van der Waals surface area contributed by atoms with E-state index in [1.807, 2.05) is 0 Å². The molecule has 0 N–H and O–H groups in total. The summed E-state index contributed by atoms with van der Waals surface area (Å²) in [5, 5.41) is 0. The van der Waals surface area contributed by atoms with Crippen LogP contribution < -0.4 is 4.74 Å². The average molecular weight is 244 g/mol. The highest BCUT2D eigenvalue weighted by molar-refractivity contribution is 5.94. The smallest absolute Gasteiger partial charge is 0.159 e. The van der Waals surface area contributed by atoms with E-state index in [0.717, 1.165) is 0 Å². The maximum atomic E-state index is 13.1. The summed E-state index contributed by atoms with van der Waals surface area (Å²) in [6.45, 7) is 3.19. The highest BCUT2D eigenvalue weighted by atomic mass is 19.1. The molecule has 0 aliphatic rings. The van der Waals surface area contributed by atoms with Crippen LogP contribution in [0.3, 0.4) is 0 Å². The second kappa shape index (κ2) is 5.00. The first kappa shape index (κ1) is 12.3. The molecule has 0 fully saturated rings. The zero-order valence-electron chi connectivity index (χ0n) is 10.2. The fourth-order valence-corrected chi connectivity index (χ4v) is 1.57. The largest absolute Gasteiger partial charge is 0.457 e. The number of rotatable bonds is 3. The number of ketones is 1. The molecule has 0 unspecified atom stereocenters. The third kappa shape index (κ3) is 2.74. The summed E-state index contributed by atoms with van der Waals surface area (Å²) in [4.78, 5) is 11.1. The van der Waals surface area contributed by atoms with Crippen LogP contribution >= 0.6 is 0 Å². The van der Waals surface area contributed by atoms with Gasteiger partial charge in [0, 0.05) is 5.56 Å². The van der Waals surface area contributed by atoms with Crippen molar-refractivity contribution >= 4 is 5.78 Å². The summed E-state index contributed by atoms with van der Waals surface area (Å²) < 4.78 is 18.7. The zero-order chi connectivity index (χ0) is 13.1. The minimum absolute atomic E-state index is 0.0131. The molecule has 2 aromatic carbocycles. The van der Waals surface area contributed by atoms with Gasteiger partial charge in [0.1, 0.15) is 17.3 Å². The van der Waals surface area contributed by atoms with Crippen molar-refractivity contribution in [3.05, 3.63) is 59.4 Å². The fourth-order valence-electron chi connectivity index (χ4n) is 1.57. The highest BCUT2D eigenvalue weighted by Crippen LogP contribution is 2.23. The van der Waals surface area contributed by atoms with E-state index in [1.54, 1.807) is 43.3 Å². The van der Waals surface area contributed by atoms with E-state index in [4.69, 9.17) is 4.74 Å². The van der Waals surface area contributed by atoms with Gasteiger partial charge >= 0.3 is 0 Å². The van der Waals surface area contributed by atoms with Gasteiger partial charge in [-0.15, -0.1) is 0 Å². The second-order valence-electron chi connectivity index (χ2n) is 4.09. The lowest BCUT2D eigenvalue weighted by Crippen LogP contribution is -1.92. The fraction of sp³-hybridized carbons (Fsp3) is 0.133. The Kier molecular flexibility index (Phi) is 3.42. The summed E-state index contributed by atoms with van der Waals surface area (Å²) in [7, 11) is 0. The summed E-state index contributed by atoms with van der Waals surface area (Å²) in [6.07, 6.45) is 0. The molecule has 92 valence electrons. The predicted octanol–water partition coefficient (Wildman–Crippen LogP) is 4.13. The van der Waals surface area contributed by atoms with Gasteiger partial charge in [-0.3, -0.25) is 4.79 Å². The number of hydrogen-bond donors (Lipinski definition) is 0. The van der Waals surface area contributed by atoms with Gasteiger partial charge in [-0.25, -0.2) is 4.39 Å². The van der Waals surface area contributed by atoms with E-state index in [2.05, 4.69) is 0 Å². The SMILES string of the molecule is CC(=O)c1ccc(Oc2ccc(F)c(C)c2)cc1. The summed E-state index contributed by atoms with van der Waals surface area (Å²) >= 11 is 0. The van der Waals surface area contributed by atoms with Crippen LogP contribution in [-0.2, 0) is 0 Å². The Labute approximate surface area is 105 Å². The van der Waals surface area contributed by atoms with Gasteiger partial charge in [-0.2, -0.15) is 0 Å². The van der Waals surface area contributed by atoms with Crippen LogP contribution in [0.25, 0.3) is 0 Å². The van der Waals surface area contributed by atoms with E-state index in [1.165, 1.54) is 13.0 Å². The van der Waals surface area contributed by atoms with Crippen molar-refractivity contribution < 1.29 is 13.9 Å². The molecule has 2 nitrogen and oxygen atoms in total. The van der Waals surface area contributed by atoms with Gasteiger partial charge < -0.3 is 4.74 Å². The van der Waals surface area contributed by atoms with E-state index in [9.17, 15) is 9.18 Å². The number of benzene rings is 2. The second-order valence-corrected chi connectivity index (χ2v) is 4.09. The first-order valence-corrected chi connectivity index (χ1v) is 5.61. The molecule has 0 heterocycles. The van der Waals surface area contributed by atoms with Gasteiger partial charge in [-0.1, -0.05) is 0 Å². The molecule has 0 aromatic heterocycles. The van der Waals surface area contributed by atoms with Crippen molar-refractivity contribution in [3.63, 3.8) is 0 Å². The van der Waals surface area contributed by atoms with Crippen molar-refractivity contribution in [1.29, 1.82) is 0 Å². The van der Waals surface area contributed by atoms with Gasteiger partial charge in [-0.05, 0) is 61.9 Å². The number of hydrogen-bond acceptors (Lipinski definition) is 2. The van der Waals surface area contributed by atoms with Crippen LogP contribution in [0.5, 0.6) is 11.5 Å². The van der Waals surface area contributed by atoms with Crippen LogP contribution in [0.1, 0.15) is 22.8 Å². The Morgan fingerprint density at radius 1 is 1.06 bits per heavy atom. The van der Waals surface area contributed by atoms with Crippen LogP contribution in [-0.4, -0.2) is 5.78 Å². The summed E-state index contributed by atoms with van der Waals surface area (Å²) in [6, 6.07) is 11.4. The quantitative estimate of drug-likeness (QED) is 0.759. The number of carbonyl (C=O) groups excluding carboxylic acids is 1. The van der Waals surface area contributed by atoms with E-state index in [-0.39, 0.29) is 11.6 Å². The first-order valence-electron chi connectivity index (χ1n) is 5.61. The first-order chi connectivity index (χ1) is 8.56. The molecule has 0 aliphatic carbocycles. The van der Waals surface area contributed by atoms with Gasteiger partial charge in [0.25, 0.3) is 0 Å². The molecule has 0 radical (unpaired) electrons. The molecule has 2 aromatic rings. The normalized spacial score (nSPS) is 10.2. The monoisotopic (exact) mass is 244 g/mol. The standard InChI is InChI=1S/C15H13FO2/c1-10-9-14(7-8-15(10)16)18-13-5-3-12(4-6-13)11(2)17/h3-9H,1-2H3. The molecule has 3 heteroatoms. The van der Waals surface area contributed by atoms with E-state index in [0.29, 0.717) is 22.6 Å². The number of carbonyl (C=O) groups is 1. The molecule has 0 amide bonds. The van der Waals surface area contributed by atoms with Crippen molar-refractivity contribution in [2.45, 2.75) is 13.8 Å². The maximum absolute atomic E-state index is 13.1. The Bertz CT molecular complexity index is 574. The van der Waals surface area contributed by atoms with Crippen LogP contribution in [0.15, 0.2) is 42.5 Å². The highest BCUT2D eigenvalue weighted by Gasteiger charge is 2.03. The minimum atomic E-state index is -0.255. The molecular formula is C15H13FO2. The van der Waals surface area contributed by atoms with Crippen LogP contribution in [0.2, 0.25) is 0 Å². The lowest BCUT2D eigenvalue weighted by atomic mass is 10.1. The zero-order valence-corrected chi connectivity index (χ0v) is 10.2. The molecule has 0 bridgehead atoms. The van der Waals surface area contributed by atoms with E-state index < -0.39 is 0 Å². The lowest BCUT2D eigenvalue weighted by Gasteiger charge is -2.07. The molecule has 0 aliphatic heterocycles. The van der Waals surface area contributed by atoms with Crippen molar-refractivity contribution in [3.8, 4) is 11.5 Å². The Morgan fingerprint density at radius 2 is 1.67 bits per heavy atom. The topological polar surface area (TPSA) is 26.3 Å². The van der Waals surface area contributed by atoms with Gasteiger partial charge in [0.2, 0.25) is 0 Å². The average Bonchev–Trinajstić information content (AvgIpc) is 2.34. The molecule has 0 saturated heterocycles. The molecule has 0 saturated carbocycles. The number of ether oxygens (including phenoxy) is 1. The molecule has 0 atom stereocenters. The Morgan fingerprint density at radius 3 is 2.22 bits per heavy atom. The van der Waals surface area contributed by atoms with Gasteiger partial charge in [0.05, 0.1) is 0 Å². The Balaban J connectivity index is 2.18. The molecule has 0 spiro atoms. The lowest BCUT2D eigenvalue weighted by molar-refractivity contribution is 0.101. The van der Waals surface area contributed by atoms with Gasteiger partial charge in [0.15, 0.2) is 5.78 Å². The van der Waals surface area contributed by atoms with E-state index >= 15 is 0 Å². The molecule has 2 rings (SSSR count). The summed E-state index contributed by atoms with van der Waals surface area (Å²) in [5.74, 6) is 0.948. The molecule has 18 heavy (non-hydrogen) atoms. The number of Topliss-reactive ketones (excluding diaryl/α,β-unsaturated/α-hetero) is 1. The van der Waals surface area contributed by atoms with Crippen LogP contribution in [0, 0.1) is 12.7 Å². The summed E-state index contributed by atoms with van der Waals surface area (Å²) in [5.41, 5.74) is 1.17. The Hall–Kier alpha value is -2.16. The number of aryl methyl sites for hydroxylation is 1. The van der Waals surface area contributed by atoms with Crippen molar-refractivity contribution in [2.75, 3.05) is 0 Å².